The second-order valence-electron chi connectivity index (χ2n) is 10.5. The van der Waals surface area contributed by atoms with Crippen molar-refractivity contribution in [3.05, 3.63) is 115 Å². The Kier molecular flexibility index (Phi) is 8.17. The fraction of sp³-hybridized carbons (Fsp3) is 0.182. The number of fused-ring (bicyclic) bond motifs is 2. The van der Waals surface area contributed by atoms with Crippen LogP contribution in [-0.2, 0) is 15.7 Å². The Balaban J connectivity index is 1.25. The molecule has 0 bridgehead atoms. The van der Waals surface area contributed by atoms with Crippen LogP contribution in [0.5, 0.6) is 11.5 Å². The van der Waals surface area contributed by atoms with E-state index in [0.29, 0.717) is 33.1 Å². The smallest absolute Gasteiger partial charge is 0.433 e. The maximum absolute atomic E-state index is 13.9. The van der Waals surface area contributed by atoms with Gasteiger partial charge in [0, 0.05) is 11.6 Å². The van der Waals surface area contributed by atoms with E-state index in [1.165, 1.54) is 10.6 Å². The van der Waals surface area contributed by atoms with Crippen LogP contribution in [0.2, 0.25) is 0 Å². The van der Waals surface area contributed by atoms with Crippen molar-refractivity contribution in [1.82, 2.24) is 14.5 Å². The number of esters is 1. The molecule has 0 saturated heterocycles. The van der Waals surface area contributed by atoms with Gasteiger partial charge in [0.15, 0.2) is 26.5 Å². The summed E-state index contributed by atoms with van der Waals surface area (Å²) in [4.78, 5) is 40.1. The molecule has 5 heterocycles. The number of halogens is 3. The highest BCUT2D eigenvalue weighted by atomic mass is 32.2. The average molecular weight is 693 g/mol. The zero-order valence-electron chi connectivity index (χ0n) is 25.1. The number of rotatable bonds is 7. The summed E-state index contributed by atoms with van der Waals surface area (Å²) in [5.41, 5.74) is 0.304. The SMILES string of the molecule is CCOC(=O)C1=C(C)N=c2s/c(=C/c3ccc(Sc4nc(-c5ccccc5)cc(C(F)(F)F)n4)o3)c(=O)n2[C@@H]1c1ccc2c(c1)OCO2. The fourth-order valence-electron chi connectivity index (χ4n) is 5.25. The van der Waals surface area contributed by atoms with Gasteiger partial charge in [0.05, 0.1) is 34.1 Å². The predicted octanol–water partition coefficient (Wildman–Crippen LogP) is 5.75. The first-order valence-electron chi connectivity index (χ1n) is 14.5. The molecule has 0 N–H and O–H groups in total. The third kappa shape index (κ3) is 6.02. The minimum Gasteiger partial charge on any atom is -0.463 e. The number of hydrogen-bond acceptors (Lipinski definition) is 11. The van der Waals surface area contributed by atoms with Crippen molar-refractivity contribution < 1.29 is 36.6 Å². The first kappa shape index (κ1) is 31.4. The molecule has 15 heteroatoms. The van der Waals surface area contributed by atoms with Crippen LogP contribution in [0.25, 0.3) is 17.3 Å². The molecule has 0 unspecified atom stereocenters. The van der Waals surface area contributed by atoms with Gasteiger partial charge in [0.2, 0.25) is 6.79 Å². The van der Waals surface area contributed by atoms with Crippen molar-refractivity contribution in [1.29, 1.82) is 0 Å². The van der Waals surface area contributed by atoms with Crippen LogP contribution >= 0.6 is 23.1 Å². The summed E-state index contributed by atoms with van der Waals surface area (Å²) in [7, 11) is 0. The van der Waals surface area contributed by atoms with Crippen LogP contribution < -0.4 is 24.4 Å². The van der Waals surface area contributed by atoms with Gasteiger partial charge in [-0.25, -0.2) is 19.8 Å². The largest absolute Gasteiger partial charge is 0.463 e. The van der Waals surface area contributed by atoms with E-state index in [-0.39, 0.29) is 45.2 Å². The standard InChI is InChI=1S/C33H23F3N4O6S2/c1-3-43-30(42)27-17(2)37-32-40(28(27)19-9-11-22-23(13-19)45-16-44-22)29(41)24(47-32)14-20-10-12-26(46-20)48-31-38-21(18-7-5-4-6-8-18)15-25(39-31)33(34,35)36/h4-15,28H,3,16H2,1-2H3/b24-14+/t28-/m1/s1. The molecular weight excluding hydrogens is 670 g/mol. The summed E-state index contributed by atoms with van der Waals surface area (Å²) in [5, 5.41) is 0.0562. The molecule has 0 saturated carbocycles. The van der Waals surface area contributed by atoms with E-state index in [9.17, 15) is 22.8 Å². The van der Waals surface area contributed by atoms with Crippen molar-refractivity contribution in [2.75, 3.05) is 13.4 Å². The molecule has 0 aliphatic carbocycles. The van der Waals surface area contributed by atoms with Gasteiger partial charge in [0.25, 0.3) is 5.56 Å². The number of carbonyl (C=O) groups is 1. The Labute approximate surface area is 277 Å². The normalized spacial score (nSPS) is 15.8. The minimum atomic E-state index is -4.69. The van der Waals surface area contributed by atoms with E-state index in [0.717, 1.165) is 29.2 Å². The van der Waals surface area contributed by atoms with Gasteiger partial charge in [-0.2, -0.15) is 13.2 Å². The molecule has 2 aromatic carbocycles. The number of ether oxygens (including phenoxy) is 3. The number of allylic oxidation sites excluding steroid dienone is 1. The third-order valence-electron chi connectivity index (χ3n) is 7.36. The van der Waals surface area contributed by atoms with E-state index in [1.54, 1.807) is 74.5 Å². The van der Waals surface area contributed by atoms with Crippen LogP contribution in [0.15, 0.2) is 102 Å². The number of furan rings is 1. The summed E-state index contributed by atoms with van der Waals surface area (Å²) in [6, 6.07) is 16.8. The topological polar surface area (TPSA) is 118 Å². The Bertz CT molecular complexity index is 2280. The zero-order chi connectivity index (χ0) is 33.6. The van der Waals surface area contributed by atoms with E-state index < -0.39 is 29.4 Å². The highest BCUT2D eigenvalue weighted by Gasteiger charge is 2.35. The number of aromatic nitrogens is 3. The first-order valence-corrected chi connectivity index (χ1v) is 16.1. The Hall–Kier alpha value is -5.15. The second-order valence-corrected chi connectivity index (χ2v) is 12.4. The Morgan fingerprint density at radius 2 is 1.88 bits per heavy atom. The fourth-order valence-corrected chi connectivity index (χ4v) is 7.02. The highest BCUT2D eigenvalue weighted by Crippen LogP contribution is 2.38. The monoisotopic (exact) mass is 692 g/mol. The molecule has 3 aromatic heterocycles. The van der Waals surface area contributed by atoms with E-state index in [4.69, 9.17) is 18.6 Å². The maximum Gasteiger partial charge on any atom is 0.433 e. The molecule has 7 rings (SSSR count). The van der Waals surface area contributed by atoms with Crippen molar-refractivity contribution >= 4 is 35.1 Å². The van der Waals surface area contributed by atoms with Gasteiger partial charge in [-0.3, -0.25) is 9.36 Å². The first-order chi connectivity index (χ1) is 23.1. The zero-order valence-corrected chi connectivity index (χ0v) is 26.7. The van der Waals surface area contributed by atoms with Gasteiger partial charge >= 0.3 is 12.1 Å². The van der Waals surface area contributed by atoms with E-state index in [1.807, 2.05) is 0 Å². The number of hydrogen-bond donors (Lipinski definition) is 0. The van der Waals surface area contributed by atoms with Gasteiger partial charge in [-0.1, -0.05) is 47.7 Å². The van der Waals surface area contributed by atoms with Gasteiger partial charge < -0.3 is 18.6 Å². The van der Waals surface area contributed by atoms with Crippen LogP contribution in [0.1, 0.15) is 36.9 Å². The number of thiazole rings is 1. The van der Waals surface area contributed by atoms with E-state index in [2.05, 4.69) is 15.0 Å². The predicted molar refractivity (Wildman–Crippen MR) is 168 cm³/mol. The molecule has 5 aromatic rings. The molecule has 2 aliphatic heterocycles. The summed E-state index contributed by atoms with van der Waals surface area (Å²) in [5.74, 6) is 0.686. The molecule has 244 valence electrons. The molecule has 0 radical (unpaired) electrons. The lowest BCUT2D eigenvalue weighted by atomic mass is 9.95. The lowest BCUT2D eigenvalue weighted by Crippen LogP contribution is -2.39. The highest BCUT2D eigenvalue weighted by molar-refractivity contribution is 7.99. The lowest BCUT2D eigenvalue weighted by Gasteiger charge is -2.24. The third-order valence-corrected chi connectivity index (χ3v) is 9.13. The molecule has 0 spiro atoms. The Morgan fingerprint density at radius 1 is 1.08 bits per heavy atom. The second kappa shape index (κ2) is 12.5. The van der Waals surface area contributed by atoms with Crippen LogP contribution in [-0.4, -0.2) is 33.9 Å². The summed E-state index contributed by atoms with van der Waals surface area (Å²) in [6.07, 6.45) is -3.18. The van der Waals surface area contributed by atoms with Crippen molar-refractivity contribution in [2.45, 2.75) is 36.3 Å². The molecule has 48 heavy (non-hydrogen) atoms. The average Bonchev–Trinajstić information content (AvgIpc) is 3.79. The van der Waals surface area contributed by atoms with Gasteiger partial charge in [-0.05, 0) is 61.5 Å². The van der Waals surface area contributed by atoms with Crippen LogP contribution in [0.4, 0.5) is 13.2 Å². The molecular formula is C33H23F3N4O6S2. The number of nitrogens with zero attached hydrogens (tertiary/aromatic N) is 4. The summed E-state index contributed by atoms with van der Waals surface area (Å²) < 4.78 is 65.0. The van der Waals surface area contributed by atoms with E-state index >= 15 is 0 Å². The summed E-state index contributed by atoms with van der Waals surface area (Å²) >= 11 is 1.92. The van der Waals surface area contributed by atoms with Crippen LogP contribution in [0, 0.1) is 0 Å². The van der Waals surface area contributed by atoms with Crippen LogP contribution in [0.3, 0.4) is 0 Å². The Morgan fingerprint density at radius 3 is 2.65 bits per heavy atom. The molecule has 1 atom stereocenters. The number of alkyl halides is 3. The van der Waals surface area contributed by atoms with Gasteiger partial charge in [-0.15, -0.1) is 0 Å². The van der Waals surface area contributed by atoms with Gasteiger partial charge in [0.1, 0.15) is 11.5 Å². The van der Waals surface area contributed by atoms with Crippen molar-refractivity contribution in [3.63, 3.8) is 0 Å². The number of benzene rings is 2. The molecule has 10 nitrogen and oxygen atoms in total. The number of carbonyl (C=O) groups excluding carboxylic acids is 1. The van der Waals surface area contributed by atoms with Crippen molar-refractivity contribution in [2.24, 2.45) is 4.99 Å². The maximum atomic E-state index is 13.9. The van der Waals surface area contributed by atoms with Crippen molar-refractivity contribution in [3.8, 4) is 22.8 Å². The quantitative estimate of drug-likeness (QED) is 0.155. The molecule has 2 aliphatic rings. The molecule has 0 amide bonds. The lowest BCUT2D eigenvalue weighted by molar-refractivity contribution is -0.141. The summed E-state index contributed by atoms with van der Waals surface area (Å²) in [6.45, 7) is 3.55. The molecule has 0 fully saturated rings. The minimum absolute atomic E-state index is 0.0542.